The number of likely N-dealkylation sites (N-methyl/N-ethyl adjacent to an activating group) is 1. The Morgan fingerprint density at radius 3 is 1.29 bits per heavy atom. The topological polar surface area (TPSA) is 3.24 Å². The fourth-order valence-electron chi connectivity index (χ4n) is 3.47. The Morgan fingerprint density at radius 1 is 0.625 bits per heavy atom. The van der Waals surface area contributed by atoms with Crippen LogP contribution in [0.15, 0.2) is 12.2 Å². The van der Waals surface area contributed by atoms with Crippen molar-refractivity contribution in [3.05, 3.63) is 12.2 Å². The van der Waals surface area contributed by atoms with Crippen molar-refractivity contribution in [2.45, 2.75) is 117 Å². The summed E-state index contributed by atoms with van der Waals surface area (Å²) in [5.41, 5.74) is 1.27. The Morgan fingerprint density at radius 2 is 0.958 bits per heavy atom. The fourth-order valence-corrected chi connectivity index (χ4v) is 3.47. The lowest BCUT2D eigenvalue weighted by atomic mass is 10.0. The maximum absolute atomic E-state index is 3.98. The number of hydrogen-bond acceptors (Lipinski definition) is 1. The zero-order chi connectivity index (χ0) is 17.9. The van der Waals surface area contributed by atoms with Crippen LogP contribution >= 0.6 is 0 Å². The van der Waals surface area contributed by atoms with E-state index in [1.165, 1.54) is 115 Å². The van der Waals surface area contributed by atoms with Crippen molar-refractivity contribution >= 4 is 0 Å². The molecule has 144 valence electrons. The van der Waals surface area contributed by atoms with Crippen molar-refractivity contribution in [1.82, 2.24) is 4.90 Å². The van der Waals surface area contributed by atoms with Crippen molar-refractivity contribution in [3.63, 3.8) is 0 Å². The van der Waals surface area contributed by atoms with Gasteiger partial charge in [-0.05, 0) is 26.9 Å². The summed E-state index contributed by atoms with van der Waals surface area (Å²) in [6.45, 7) is 10.7. The van der Waals surface area contributed by atoms with Crippen LogP contribution in [-0.4, -0.2) is 25.0 Å². The van der Waals surface area contributed by atoms with E-state index in [0.29, 0.717) is 0 Å². The van der Waals surface area contributed by atoms with Gasteiger partial charge in [-0.15, -0.1) is 0 Å². The predicted octanol–water partition coefficient (Wildman–Crippen LogP) is 7.76. The normalized spacial score (nSPS) is 11.3. The largest absolute Gasteiger partial charge is 0.302 e. The van der Waals surface area contributed by atoms with E-state index < -0.39 is 0 Å². The smallest absolute Gasteiger partial charge is 0.0184 e. The van der Waals surface area contributed by atoms with E-state index in [4.69, 9.17) is 0 Å². The predicted molar refractivity (Wildman–Crippen MR) is 112 cm³/mol. The van der Waals surface area contributed by atoms with Gasteiger partial charge in [0.05, 0.1) is 0 Å². The summed E-state index contributed by atoms with van der Waals surface area (Å²) in [6.07, 6.45) is 23.1. The quantitative estimate of drug-likeness (QED) is 0.172. The molecule has 0 aliphatic rings. The molecule has 0 aromatic heterocycles. The first-order valence-electron chi connectivity index (χ1n) is 11.0. The Kier molecular flexibility index (Phi) is 18.8. The number of hydrogen-bond donors (Lipinski definition) is 0. The Hall–Kier alpha value is -0.300. The molecule has 0 aliphatic carbocycles. The summed E-state index contributed by atoms with van der Waals surface area (Å²) in [7, 11) is 2.21. The molecular formula is C23H47N. The second kappa shape index (κ2) is 19.0. The summed E-state index contributed by atoms with van der Waals surface area (Å²) in [6, 6.07) is 0. The minimum atomic E-state index is 1.05. The Bertz CT molecular complexity index is 259. The maximum Gasteiger partial charge on any atom is 0.0184 e. The zero-order valence-corrected chi connectivity index (χ0v) is 17.4. The molecule has 0 rings (SSSR count). The molecule has 0 aromatic rings. The van der Waals surface area contributed by atoms with Crippen LogP contribution in [0.3, 0.4) is 0 Å². The SMILES string of the molecule is C=C(C)CN(C)CCCCCCCCCCCCCCCCCC. The highest BCUT2D eigenvalue weighted by Gasteiger charge is 1.98. The Balaban J connectivity index is 3.06. The lowest BCUT2D eigenvalue weighted by Crippen LogP contribution is -2.21. The maximum atomic E-state index is 3.98. The molecule has 0 spiro atoms. The molecule has 0 fully saturated rings. The molecule has 0 unspecified atom stereocenters. The van der Waals surface area contributed by atoms with Crippen molar-refractivity contribution in [1.29, 1.82) is 0 Å². The van der Waals surface area contributed by atoms with Crippen LogP contribution in [0.2, 0.25) is 0 Å². The first-order chi connectivity index (χ1) is 11.7. The molecule has 1 heteroatoms. The number of rotatable bonds is 19. The third-order valence-electron chi connectivity index (χ3n) is 4.93. The van der Waals surface area contributed by atoms with Gasteiger partial charge in [-0.25, -0.2) is 0 Å². The first-order valence-corrected chi connectivity index (χ1v) is 11.0. The van der Waals surface area contributed by atoms with Crippen LogP contribution < -0.4 is 0 Å². The van der Waals surface area contributed by atoms with Crippen LogP contribution in [0.1, 0.15) is 117 Å². The van der Waals surface area contributed by atoms with E-state index in [1.54, 1.807) is 0 Å². The molecular weight excluding hydrogens is 290 g/mol. The van der Waals surface area contributed by atoms with Crippen LogP contribution in [-0.2, 0) is 0 Å². The van der Waals surface area contributed by atoms with Crippen LogP contribution in [0, 0.1) is 0 Å². The Labute approximate surface area is 154 Å². The molecule has 0 atom stereocenters. The molecule has 0 saturated heterocycles. The molecule has 1 nitrogen and oxygen atoms in total. The summed E-state index contributed by atoms with van der Waals surface area (Å²) >= 11 is 0. The van der Waals surface area contributed by atoms with Gasteiger partial charge >= 0.3 is 0 Å². The monoisotopic (exact) mass is 337 g/mol. The molecule has 0 N–H and O–H groups in total. The van der Waals surface area contributed by atoms with Crippen molar-refractivity contribution in [2.75, 3.05) is 20.1 Å². The van der Waals surface area contributed by atoms with Crippen molar-refractivity contribution < 1.29 is 0 Å². The standard InChI is InChI=1S/C23H47N/c1-5-6-7-8-9-10-11-12-13-14-15-16-17-18-19-20-21-24(4)22-23(2)3/h2,5-22H2,1,3-4H3. The van der Waals surface area contributed by atoms with Gasteiger partial charge in [0.25, 0.3) is 0 Å². The van der Waals surface area contributed by atoms with Gasteiger partial charge in [0, 0.05) is 6.54 Å². The molecule has 0 saturated carbocycles. The van der Waals surface area contributed by atoms with E-state index in [-0.39, 0.29) is 0 Å². The van der Waals surface area contributed by atoms with Gasteiger partial charge in [-0.3, -0.25) is 0 Å². The summed E-state index contributed by atoms with van der Waals surface area (Å²) in [4.78, 5) is 2.39. The van der Waals surface area contributed by atoms with E-state index in [1.807, 2.05) is 0 Å². The second-order valence-corrected chi connectivity index (χ2v) is 8.00. The van der Waals surface area contributed by atoms with E-state index >= 15 is 0 Å². The fraction of sp³-hybridized carbons (Fsp3) is 0.913. The lowest BCUT2D eigenvalue weighted by molar-refractivity contribution is 0.349. The highest BCUT2D eigenvalue weighted by molar-refractivity contribution is 4.90. The average Bonchev–Trinajstić information content (AvgIpc) is 2.53. The molecule has 0 bridgehead atoms. The van der Waals surface area contributed by atoms with Crippen LogP contribution in [0.5, 0.6) is 0 Å². The minimum absolute atomic E-state index is 1.05. The molecule has 24 heavy (non-hydrogen) atoms. The summed E-state index contributed by atoms with van der Waals surface area (Å²) in [5.74, 6) is 0. The van der Waals surface area contributed by atoms with Crippen molar-refractivity contribution in [2.24, 2.45) is 0 Å². The second-order valence-electron chi connectivity index (χ2n) is 8.00. The zero-order valence-electron chi connectivity index (χ0n) is 17.4. The third kappa shape index (κ3) is 19.7. The van der Waals surface area contributed by atoms with Crippen molar-refractivity contribution in [3.8, 4) is 0 Å². The molecule has 0 aromatic carbocycles. The molecule has 0 heterocycles. The average molecular weight is 338 g/mol. The van der Waals surface area contributed by atoms with E-state index in [0.717, 1.165) is 6.54 Å². The minimum Gasteiger partial charge on any atom is -0.302 e. The number of unbranched alkanes of at least 4 members (excludes halogenated alkanes) is 15. The third-order valence-corrected chi connectivity index (χ3v) is 4.93. The summed E-state index contributed by atoms with van der Waals surface area (Å²) in [5, 5.41) is 0. The lowest BCUT2D eigenvalue weighted by Gasteiger charge is -2.16. The molecule has 0 radical (unpaired) electrons. The highest BCUT2D eigenvalue weighted by Crippen LogP contribution is 2.13. The van der Waals surface area contributed by atoms with E-state index in [9.17, 15) is 0 Å². The van der Waals surface area contributed by atoms with Gasteiger partial charge in [-0.1, -0.05) is 115 Å². The van der Waals surface area contributed by atoms with Gasteiger partial charge in [0.15, 0.2) is 0 Å². The van der Waals surface area contributed by atoms with Crippen LogP contribution in [0.4, 0.5) is 0 Å². The van der Waals surface area contributed by atoms with Gasteiger partial charge < -0.3 is 4.90 Å². The van der Waals surface area contributed by atoms with Gasteiger partial charge in [-0.2, -0.15) is 0 Å². The first kappa shape index (κ1) is 23.7. The van der Waals surface area contributed by atoms with Crippen LogP contribution in [0.25, 0.3) is 0 Å². The molecule has 0 aliphatic heterocycles. The molecule has 0 amide bonds. The summed E-state index contributed by atoms with van der Waals surface area (Å²) < 4.78 is 0. The van der Waals surface area contributed by atoms with E-state index in [2.05, 4.69) is 32.4 Å². The van der Waals surface area contributed by atoms with Gasteiger partial charge in [0.2, 0.25) is 0 Å². The van der Waals surface area contributed by atoms with Gasteiger partial charge in [0.1, 0.15) is 0 Å². The number of nitrogens with zero attached hydrogens (tertiary/aromatic N) is 1. The highest BCUT2D eigenvalue weighted by atomic mass is 15.1.